The monoisotopic (exact) mass is 459 g/mol. The van der Waals surface area contributed by atoms with Gasteiger partial charge in [0.05, 0.1) is 17.2 Å². The van der Waals surface area contributed by atoms with Gasteiger partial charge in [0.2, 0.25) is 0 Å². The Hall–Kier alpha value is -2.89. The summed E-state index contributed by atoms with van der Waals surface area (Å²) < 4.78 is 11.8. The first-order valence-corrected chi connectivity index (χ1v) is 10.5. The van der Waals surface area contributed by atoms with Gasteiger partial charge in [-0.3, -0.25) is 0 Å². The molecule has 0 saturated carbocycles. The molecule has 162 valence electrons. The highest BCUT2D eigenvalue weighted by Gasteiger charge is 2.13. The minimum Gasteiger partial charge on any atom is -0.490 e. The first kappa shape index (κ1) is 22.8. The van der Waals surface area contributed by atoms with E-state index in [1.165, 1.54) is 6.07 Å². The molecular weight excluding hydrogens is 437 g/mol. The SMILES string of the molecule is CCOc1cc(CNc2ccc(C(=O)O)c(Cl)c2)c(Cl)cc1OCc1ccccc1C. The Balaban J connectivity index is 1.75. The average Bonchev–Trinajstić information content (AvgIpc) is 2.73. The molecule has 0 atom stereocenters. The Morgan fingerprint density at radius 1 is 0.968 bits per heavy atom. The molecule has 0 heterocycles. The molecule has 0 bridgehead atoms. The number of carbonyl (C=O) groups is 1. The van der Waals surface area contributed by atoms with Crippen molar-refractivity contribution in [1.29, 1.82) is 0 Å². The number of rotatable bonds is 9. The van der Waals surface area contributed by atoms with Crippen LogP contribution in [0.3, 0.4) is 0 Å². The van der Waals surface area contributed by atoms with Crippen molar-refractivity contribution in [3.8, 4) is 11.5 Å². The number of anilines is 1. The number of aromatic carboxylic acids is 1. The van der Waals surface area contributed by atoms with Crippen LogP contribution in [0.15, 0.2) is 54.6 Å². The maximum atomic E-state index is 11.1. The lowest BCUT2D eigenvalue weighted by Crippen LogP contribution is -2.05. The zero-order chi connectivity index (χ0) is 22.4. The summed E-state index contributed by atoms with van der Waals surface area (Å²) in [5.74, 6) is 0.117. The minimum atomic E-state index is -1.07. The molecule has 0 aliphatic carbocycles. The van der Waals surface area contributed by atoms with Gasteiger partial charge in [0.25, 0.3) is 0 Å². The number of carboxylic acids is 1. The van der Waals surface area contributed by atoms with E-state index in [4.69, 9.17) is 37.8 Å². The van der Waals surface area contributed by atoms with Crippen molar-refractivity contribution in [2.75, 3.05) is 11.9 Å². The van der Waals surface area contributed by atoms with Gasteiger partial charge in [-0.15, -0.1) is 0 Å². The Kier molecular flexibility index (Phi) is 7.66. The lowest BCUT2D eigenvalue weighted by molar-refractivity contribution is 0.0697. The number of benzene rings is 3. The van der Waals surface area contributed by atoms with Crippen LogP contribution in [0.25, 0.3) is 0 Å². The molecule has 0 radical (unpaired) electrons. The van der Waals surface area contributed by atoms with Crippen molar-refractivity contribution in [3.63, 3.8) is 0 Å². The smallest absolute Gasteiger partial charge is 0.337 e. The summed E-state index contributed by atoms with van der Waals surface area (Å²) in [6.07, 6.45) is 0. The highest BCUT2D eigenvalue weighted by atomic mass is 35.5. The van der Waals surface area contributed by atoms with Gasteiger partial charge in [0.15, 0.2) is 11.5 Å². The number of hydrogen-bond acceptors (Lipinski definition) is 4. The molecule has 3 aromatic carbocycles. The molecule has 7 heteroatoms. The van der Waals surface area contributed by atoms with E-state index in [0.29, 0.717) is 42.0 Å². The summed E-state index contributed by atoms with van der Waals surface area (Å²) in [7, 11) is 0. The lowest BCUT2D eigenvalue weighted by atomic mass is 10.1. The van der Waals surface area contributed by atoms with Gasteiger partial charge >= 0.3 is 5.97 Å². The molecule has 2 N–H and O–H groups in total. The molecule has 0 aliphatic rings. The maximum Gasteiger partial charge on any atom is 0.337 e. The predicted molar refractivity (Wildman–Crippen MR) is 124 cm³/mol. The Bertz CT molecular complexity index is 1090. The first-order chi connectivity index (χ1) is 14.9. The highest BCUT2D eigenvalue weighted by molar-refractivity contribution is 6.33. The van der Waals surface area contributed by atoms with E-state index in [1.807, 2.05) is 44.2 Å². The maximum absolute atomic E-state index is 11.1. The van der Waals surface area contributed by atoms with Crippen LogP contribution in [0, 0.1) is 6.92 Å². The van der Waals surface area contributed by atoms with Gasteiger partial charge in [0, 0.05) is 23.3 Å². The predicted octanol–water partition coefficient (Wildman–Crippen LogP) is 6.59. The zero-order valence-corrected chi connectivity index (χ0v) is 18.8. The molecular formula is C24H23Cl2NO4. The third kappa shape index (κ3) is 5.84. The standard InChI is InChI=1S/C24H23Cl2NO4/c1-3-30-22-10-17(13-27-18-8-9-19(24(28)29)21(26)11-18)20(25)12-23(22)31-14-16-7-5-4-6-15(16)2/h4-12,27H,3,13-14H2,1-2H3,(H,28,29). The second-order valence-electron chi connectivity index (χ2n) is 6.89. The molecule has 0 saturated heterocycles. The van der Waals surface area contributed by atoms with Crippen LogP contribution in [0.4, 0.5) is 5.69 Å². The lowest BCUT2D eigenvalue weighted by Gasteiger charge is -2.16. The summed E-state index contributed by atoms with van der Waals surface area (Å²) in [5, 5.41) is 13.0. The Morgan fingerprint density at radius 2 is 1.71 bits per heavy atom. The van der Waals surface area contributed by atoms with Crippen LogP contribution >= 0.6 is 23.2 Å². The molecule has 0 unspecified atom stereocenters. The summed E-state index contributed by atoms with van der Waals surface area (Å²) in [6.45, 7) is 5.25. The third-order valence-corrected chi connectivity index (χ3v) is 5.40. The molecule has 0 amide bonds. The van der Waals surface area contributed by atoms with Crippen LogP contribution in [0.1, 0.15) is 34.0 Å². The van der Waals surface area contributed by atoms with Crippen molar-refractivity contribution >= 4 is 34.9 Å². The first-order valence-electron chi connectivity index (χ1n) is 9.78. The molecule has 0 aliphatic heterocycles. The third-order valence-electron chi connectivity index (χ3n) is 4.74. The molecule has 3 rings (SSSR count). The zero-order valence-electron chi connectivity index (χ0n) is 17.2. The van der Waals surface area contributed by atoms with Crippen LogP contribution < -0.4 is 14.8 Å². The van der Waals surface area contributed by atoms with Crippen molar-refractivity contribution < 1.29 is 19.4 Å². The van der Waals surface area contributed by atoms with Crippen LogP contribution in [0.2, 0.25) is 10.0 Å². The summed E-state index contributed by atoms with van der Waals surface area (Å²) in [6, 6.07) is 16.3. The topological polar surface area (TPSA) is 67.8 Å². The van der Waals surface area contributed by atoms with Gasteiger partial charge in [0.1, 0.15) is 6.61 Å². The fourth-order valence-corrected chi connectivity index (χ4v) is 3.50. The highest BCUT2D eigenvalue weighted by Crippen LogP contribution is 2.35. The number of hydrogen-bond donors (Lipinski definition) is 2. The van der Waals surface area contributed by atoms with Gasteiger partial charge in [-0.05, 0) is 54.8 Å². The van der Waals surface area contributed by atoms with Crippen LogP contribution in [0.5, 0.6) is 11.5 Å². The van der Waals surface area contributed by atoms with E-state index in [2.05, 4.69) is 5.32 Å². The van der Waals surface area contributed by atoms with Crippen LogP contribution in [-0.2, 0) is 13.2 Å². The Labute approximate surface area is 191 Å². The summed E-state index contributed by atoms with van der Waals surface area (Å²) in [4.78, 5) is 11.1. The molecule has 31 heavy (non-hydrogen) atoms. The van der Waals surface area contributed by atoms with Gasteiger partial charge in [-0.2, -0.15) is 0 Å². The quantitative estimate of drug-likeness (QED) is 0.377. The number of ether oxygens (including phenoxy) is 2. The van der Waals surface area contributed by atoms with E-state index in [9.17, 15) is 4.79 Å². The van der Waals surface area contributed by atoms with Gasteiger partial charge in [-0.1, -0.05) is 47.5 Å². The van der Waals surface area contributed by atoms with E-state index < -0.39 is 5.97 Å². The number of aryl methyl sites for hydroxylation is 1. The molecule has 5 nitrogen and oxygen atoms in total. The largest absolute Gasteiger partial charge is 0.490 e. The molecule has 0 aromatic heterocycles. The fourth-order valence-electron chi connectivity index (χ4n) is 3.02. The van der Waals surface area contributed by atoms with Crippen molar-refractivity contribution in [2.24, 2.45) is 0 Å². The number of nitrogens with one attached hydrogen (secondary N) is 1. The summed E-state index contributed by atoms with van der Waals surface area (Å²) >= 11 is 12.5. The molecule has 0 fully saturated rings. The van der Waals surface area contributed by atoms with E-state index >= 15 is 0 Å². The molecule has 0 spiro atoms. The van der Waals surface area contributed by atoms with E-state index in [0.717, 1.165) is 16.7 Å². The second-order valence-corrected chi connectivity index (χ2v) is 7.71. The van der Waals surface area contributed by atoms with Crippen molar-refractivity contribution in [2.45, 2.75) is 27.0 Å². The second kappa shape index (κ2) is 10.4. The van der Waals surface area contributed by atoms with Crippen LogP contribution in [-0.4, -0.2) is 17.7 Å². The minimum absolute atomic E-state index is 0.0547. The van der Waals surface area contributed by atoms with Crippen molar-refractivity contribution in [1.82, 2.24) is 0 Å². The normalized spacial score (nSPS) is 10.6. The molecule has 3 aromatic rings. The van der Waals surface area contributed by atoms with E-state index in [1.54, 1.807) is 18.2 Å². The van der Waals surface area contributed by atoms with Crippen molar-refractivity contribution in [3.05, 3.63) is 86.9 Å². The fraction of sp³-hybridized carbons (Fsp3) is 0.208. The summed E-state index contributed by atoms with van der Waals surface area (Å²) in [5.41, 5.74) is 3.79. The van der Waals surface area contributed by atoms with Gasteiger partial charge < -0.3 is 19.9 Å². The number of carboxylic acid groups (broad SMARTS) is 1. The average molecular weight is 460 g/mol. The number of halogens is 2. The van der Waals surface area contributed by atoms with Gasteiger partial charge in [-0.25, -0.2) is 4.79 Å². The van der Waals surface area contributed by atoms with E-state index in [-0.39, 0.29) is 10.6 Å². The Morgan fingerprint density at radius 3 is 2.39 bits per heavy atom.